The summed E-state index contributed by atoms with van der Waals surface area (Å²) >= 11 is 0. The third-order valence-corrected chi connectivity index (χ3v) is 2.58. The second-order valence-corrected chi connectivity index (χ2v) is 7.07. The number of carbonyl (C=O) groups is 1. The molecule has 0 saturated heterocycles. The largest absolute Gasteiger partial charge is 0.345 e. The Bertz CT molecular complexity index is 356. The molecular weight excluding hydrogens is 197 g/mol. The molecule has 0 aliphatic rings. The van der Waals surface area contributed by atoms with Crippen LogP contribution in [0.4, 0.5) is 0 Å². The van der Waals surface area contributed by atoms with Gasteiger partial charge < -0.3 is 9.88 Å². The molecule has 0 fully saturated rings. The molecule has 3 nitrogen and oxygen atoms in total. The Morgan fingerprint density at radius 1 is 1.29 bits per heavy atom. The van der Waals surface area contributed by atoms with E-state index in [1.807, 2.05) is 6.07 Å². The Kier molecular flexibility index (Phi) is 3.48. The standard InChI is InChI=1S/C10H14NO2P/c1-14(2,13)8-11-10(12)9-6-4-3-5-7-9/h3-7H,8H2,1-2H3,(H,11,12). The summed E-state index contributed by atoms with van der Waals surface area (Å²) in [6.45, 7) is 3.30. The SMILES string of the molecule is CP(C)(=O)CNC(=O)c1ccccc1. The van der Waals surface area contributed by atoms with Gasteiger partial charge >= 0.3 is 0 Å². The molecule has 0 radical (unpaired) electrons. The molecule has 14 heavy (non-hydrogen) atoms. The first-order valence-corrected chi connectivity index (χ1v) is 7.15. The zero-order chi connectivity index (χ0) is 10.6. The summed E-state index contributed by atoms with van der Waals surface area (Å²) in [6, 6.07) is 8.90. The van der Waals surface area contributed by atoms with Crippen LogP contribution in [0.1, 0.15) is 10.4 Å². The van der Waals surface area contributed by atoms with Crippen LogP contribution in [0.25, 0.3) is 0 Å². The van der Waals surface area contributed by atoms with E-state index < -0.39 is 7.14 Å². The molecule has 0 saturated carbocycles. The fraction of sp³-hybridized carbons (Fsp3) is 0.300. The van der Waals surface area contributed by atoms with Gasteiger partial charge in [0.15, 0.2) is 0 Å². The van der Waals surface area contributed by atoms with Crippen molar-refractivity contribution in [2.24, 2.45) is 0 Å². The number of amides is 1. The van der Waals surface area contributed by atoms with E-state index >= 15 is 0 Å². The van der Waals surface area contributed by atoms with Gasteiger partial charge in [-0.05, 0) is 25.5 Å². The van der Waals surface area contributed by atoms with Gasteiger partial charge in [-0.1, -0.05) is 18.2 Å². The fourth-order valence-corrected chi connectivity index (χ4v) is 1.48. The Morgan fingerprint density at radius 2 is 1.86 bits per heavy atom. The lowest BCUT2D eigenvalue weighted by Crippen LogP contribution is -2.24. The maximum absolute atomic E-state index is 11.5. The fourth-order valence-electron chi connectivity index (χ4n) is 0.954. The molecule has 1 rings (SSSR count). The lowest BCUT2D eigenvalue weighted by Gasteiger charge is -2.08. The van der Waals surface area contributed by atoms with Gasteiger partial charge in [-0.15, -0.1) is 0 Å². The van der Waals surface area contributed by atoms with Crippen molar-refractivity contribution in [3.05, 3.63) is 35.9 Å². The molecule has 0 spiro atoms. The van der Waals surface area contributed by atoms with Crippen LogP contribution in [0.15, 0.2) is 30.3 Å². The van der Waals surface area contributed by atoms with Crippen molar-refractivity contribution in [3.63, 3.8) is 0 Å². The molecule has 0 aliphatic heterocycles. The van der Waals surface area contributed by atoms with Gasteiger partial charge in [-0.25, -0.2) is 0 Å². The summed E-state index contributed by atoms with van der Waals surface area (Å²) in [5.74, 6) is -0.172. The van der Waals surface area contributed by atoms with Crippen LogP contribution in [-0.4, -0.2) is 25.5 Å². The number of hydrogen-bond acceptors (Lipinski definition) is 2. The summed E-state index contributed by atoms with van der Waals surface area (Å²) in [5.41, 5.74) is 0.598. The van der Waals surface area contributed by atoms with Gasteiger partial charge in [0.1, 0.15) is 7.14 Å². The topological polar surface area (TPSA) is 46.2 Å². The van der Waals surface area contributed by atoms with Gasteiger partial charge in [0.25, 0.3) is 5.91 Å². The highest BCUT2D eigenvalue weighted by Crippen LogP contribution is 2.33. The number of nitrogens with one attached hydrogen (secondary N) is 1. The first kappa shape index (κ1) is 11.0. The lowest BCUT2D eigenvalue weighted by atomic mass is 10.2. The van der Waals surface area contributed by atoms with Crippen LogP contribution in [0.2, 0.25) is 0 Å². The van der Waals surface area contributed by atoms with Gasteiger partial charge in [0, 0.05) is 5.56 Å². The lowest BCUT2D eigenvalue weighted by molar-refractivity contribution is 0.0960. The predicted octanol–water partition coefficient (Wildman–Crippen LogP) is 2.00. The minimum Gasteiger partial charge on any atom is -0.345 e. The minimum atomic E-state index is -2.17. The first-order chi connectivity index (χ1) is 6.49. The normalized spacial score (nSPS) is 11.0. The molecule has 0 bridgehead atoms. The van der Waals surface area contributed by atoms with Crippen molar-refractivity contribution < 1.29 is 9.36 Å². The third kappa shape index (κ3) is 3.75. The first-order valence-electron chi connectivity index (χ1n) is 4.36. The van der Waals surface area contributed by atoms with Gasteiger partial charge in [0.05, 0.1) is 6.29 Å². The number of hydrogen-bond donors (Lipinski definition) is 1. The third-order valence-electron chi connectivity index (χ3n) is 1.66. The van der Waals surface area contributed by atoms with Crippen LogP contribution in [-0.2, 0) is 4.57 Å². The highest BCUT2D eigenvalue weighted by molar-refractivity contribution is 7.62. The quantitative estimate of drug-likeness (QED) is 0.777. The predicted molar refractivity (Wildman–Crippen MR) is 58.2 cm³/mol. The Balaban J connectivity index is 2.57. The molecule has 1 N–H and O–H groups in total. The summed E-state index contributed by atoms with van der Waals surface area (Å²) < 4.78 is 11.3. The van der Waals surface area contributed by atoms with Crippen LogP contribution in [0.5, 0.6) is 0 Å². The molecule has 1 amide bonds. The average Bonchev–Trinajstić information content (AvgIpc) is 2.14. The van der Waals surface area contributed by atoms with E-state index in [9.17, 15) is 9.36 Å². The Hall–Kier alpha value is -1.08. The van der Waals surface area contributed by atoms with Crippen molar-refractivity contribution in [2.75, 3.05) is 19.6 Å². The zero-order valence-corrected chi connectivity index (χ0v) is 9.25. The summed E-state index contributed by atoms with van der Waals surface area (Å²) in [4.78, 5) is 11.5. The van der Waals surface area contributed by atoms with E-state index in [4.69, 9.17) is 0 Å². The van der Waals surface area contributed by atoms with Crippen LogP contribution in [0.3, 0.4) is 0 Å². The molecule has 0 aliphatic carbocycles. The molecule has 1 aromatic rings. The Morgan fingerprint density at radius 3 is 2.36 bits per heavy atom. The maximum Gasteiger partial charge on any atom is 0.251 e. The van der Waals surface area contributed by atoms with E-state index in [0.29, 0.717) is 5.56 Å². The van der Waals surface area contributed by atoms with Crippen LogP contribution < -0.4 is 5.32 Å². The second-order valence-electron chi connectivity index (χ2n) is 3.60. The molecular formula is C10H14NO2P. The smallest absolute Gasteiger partial charge is 0.251 e. The minimum absolute atomic E-state index is 0.172. The zero-order valence-electron chi connectivity index (χ0n) is 8.36. The maximum atomic E-state index is 11.5. The summed E-state index contributed by atoms with van der Waals surface area (Å²) in [6.07, 6.45) is 0.251. The molecule has 0 unspecified atom stereocenters. The van der Waals surface area contributed by atoms with Crippen LogP contribution in [0, 0.1) is 0 Å². The van der Waals surface area contributed by atoms with Crippen molar-refractivity contribution in [2.45, 2.75) is 0 Å². The number of carbonyl (C=O) groups excluding carboxylic acids is 1. The Labute approximate surface area is 83.9 Å². The van der Waals surface area contributed by atoms with Crippen molar-refractivity contribution in [1.82, 2.24) is 5.32 Å². The molecule has 0 atom stereocenters. The van der Waals surface area contributed by atoms with Gasteiger partial charge in [-0.3, -0.25) is 4.79 Å². The summed E-state index contributed by atoms with van der Waals surface area (Å²) in [7, 11) is -2.17. The van der Waals surface area contributed by atoms with E-state index in [0.717, 1.165) is 0 Å². The number of benzene rings is 1. The number of rotatable bonds is 3. The summed E-state index contributed by atoms with van der Waals surface area (Å²) in [5, 5.41) is 2.64. The van der Waals surface area contributed by atoms with Crippen molar-refractivity contribution in [1.29, 1.82) is 0 Å². The van der Waals surface area contributed by atoms with Gasteiger partial charge in [-0.2, -0.15) is 0 Å². The second kappa shape index (κ2) is 4.43. The monoisotopic (exact) mass is 211 g/mol. The molecule has 0 aromatic heterocycles. The molecule has 1 aromatic carbocycles. The van der Waals surface area contributed by atoms with Crippen molar-refractivity contribution >= 4 is 13.0 Å². The van der Waals surface area contributed by atoms with Crippen molar-refractivity contribution in [3.8, 4) is 0 Å². The van der Waals surface area contributed by atoms with Gasteiger partial charge in [0.2, 0.25) is 0 Å². The molecule has 76 valence electrons. The average molecular weight is 211 g/mol. The van der Waals surface area contributed by atoms with E-state index in [-0.39, 0.29) is 12.2 Å². The molecule has 4 heteroatoms. The highest BCUT2D eigenvalue weighted by atomic mass is 31.2. The van der Waals surface area contributed by atoms with E-state index in [2.05, 4.69) is 5.32 Å². The van der Waals surface area contributed by atoms with E-state index in [1.54, 1.807) is 37.6 Å². The molecule has 0 heterocycles. The van der Waals surface area contributed by atoms with Crippen LogP contribution >= 0.6 is 7.14 Å². The highest BCUT2D eigenvalue weighted by Gasteiger charge is 2.10. The van der Waals surface area contributed by atoms with E-state index in [1.165, 1.54) is 0 Å².